The average Bonchev–Trinajstić information content (AvgIpc) is 2.36. The zero-order chi connectivity index (χ0) is 16.0. The SMILES string of the molecule is CNCCNC(=O)c1cc(NC(C)=O)cc(C(F)(F)F)c1. The molecule has 1 aromatic rings. The van der Waals surface area contributed by atoms with E-state index in [-0.39, 0.29) is 17.8 Å². The number of anilines is 1. The predicted octanol–water partition coefficient (Wildman–Crippen LogP) is 1.61. The lowest BCUT2D eigenvalue weighted by atomic mass is 10.1. The minimum Gasteiger partial charge on any atom is -0.351 e. The lowest BCUT2D eigenvalue weighted by Gasteiger charge is -2.12. The normalized spacial score (nSPS) is 11.1. The Morgan fingerprint density at radius 1 is 1.14 bits per heavy atom. The molecule has 0 saturated carbocycles. The van der Waals surface area contributed by atoms with Gasteiger partial charge in [0.25, 0.3) is 5.91 Å². The summed E-state index contributed by atoms with van der Waals surface area (Å²) >= 11 is 0. The topological polar surface area (TPSA) is 70.2 Å². The molecular formula is C13H16F3N3O2. The summed E-state index contributed by atoms with van der Waals surface area (Å²) in [5, 5.41) is 7.52. The lowest BCUT2D eigenvalue weighted by Crippen LogP contribution is -2.30. The van der Waals surface area contributed by atoms with Gasteiger partial charge < -0.3 is 16.0 Å². The Balaban J connectivity index is 3.06. The third-order valence-corrected chi connectivity index (χ3v) is 2.50. The first-order valence-electron chi connectivity index (χ1n) is 6.16. The molecule has 8 heteroatoms. The number of hydrogen-bond donors (Lipinski definition) is 3. The molecule has 0 fully saturated rings. The van der Waals surface area contributed by atoms with Gasteiger partial charge in [0, 0.05) is 31.3 Å². The van der Waals surface area contributed by atoms with Gasteiger partial charge in [0.05, 0.1) is 5.56 Å². The van der Waals surface area contributed by atoms with Crippen LogP contribution in [0.5, 0.6) is 0 Å². The van der Waals surface area contributed by atoms with Crippen molar-refractivity contribution in [3.63, 3.8) is 0 Å². The maximum Gasteiger partial charge on any atom is 0.416 e. The summed E-state index contributed by atoms with van der Waals surface area (Å²) in [7, 11) is 1.69. The van der Waals surface area contributed by atoms with Crippen LogP contribution in [0.15, 0.2) is 18.2 Å². The molecule has 1 rings (SSSR count). The number of benzene rings is 1. The van der Waals surface area contributed by atoms with Crippen molar-refractivity contribution in [3.8, 4) is 0 Å². The van der Waals surface area contributed by atoms with Crippen LogP contribution in [0.25, 0.3) is 0 Å². The van der Waals surface area contributed by atoms with Gasteiger partial charge in [0.1, 0.15) is 0 Å². The maximum atomic E-state index is 12.8. The number of carbonyl (C=O) groups excluding carboxylic acids is 2. The van der Waals surface area contributed by atoms with Gasteiger partial charge in [-0.2, -0.15) is 13.2 Å². The van der Waals surface area contributed by atoms with Crippen LogP contribution in [0.4, 0.5) is 18.9 Å². The molecule has 0 bridgehead atoms. The first-order chi connectivity index (χ1) is 9.74. The van der Waals surface area contributed by atoms with E-state index in [0.29, 0.717) is 6.54 Å². The quantitative estimate of drug-likeness (QED) is 0.724. The second-order valence-electron chi connectivity index (χ2n) is 4.34. The number of nitrogens with one attached hydrogen (secondary N) is 3. The Morgan fingerprint density at radius 3 is 2.33 bits per heavy atom. The highest BCUT2D eigenvalue weighted by molar-refractivity contribution is 5.97. The smallest absolute Gasteiger partial charge is 0.351 e. The Morgan fingerprint density at radius 2 is 1.81 bits per heavy atom. The van der Waals surface area contributed by atoms with E-state index in [1.54, 1.807) is 7.05 Å². The summed E-state index contributed by atoms with van der Waals surface area (Å²) in [5.74, 6) is -1.15. The lowest BCUT2D eigenvalue weighted by molar-refractivity contribution is -0.137. The molecule has 0 aliphatic rings. The summed E-state index contributed by atoms with van der Waals surface area (Å²) in [5.41, 5.74) is -1.23. The Hall–Kier alpha value is -2.09. The van der Waals surface area contributed by atoms with Gasteiger partial charge in [-0.1, -0.05) is 0 Å². The standard InChI is InChI=1S/C13H16F3N3O2/c1-8(20)19-11-6-9(12(21)18-4-3-17-2)5-10(7-11)13(14,15)16/h5-7,17H,3-4H2,1-2H3,(H,18,21)(H,19,20). The third-order valence-electron chi connectivity index (χ3n) is 2.50. The average molecular weight is 303 g/mol. The molecule has 2 amide bonds. The van der Waals surface area contributed by atoms with Crippen molar-refractivity contribution in [1.29, 1.82) is 0 Å². The van der Waals surface area contributed by atoms with Gasteiger partial charge in [-0.3, -0.25) is 9.59 Å². The summed E-state index contributed by atoms with van der Waals surface area (Å²) in [6.07, 6.45) is -4.60. The van der Waals surface area contributed by atoms with E-state index >= 15 is 0 Å². The molecule has 0 atom stereocenters. The zero-order valence-electron chi connectivity index (χ0n) is 11.6. The molecule has 3 N–H and O–H groups in total. The molecule has 21 heavy (non-hydrogen) atoms. The molecule has 0 spiro atoms. The van der Waals surface area contributed by atoms with Crippen LogP contribution in [-0.2, 0) is 11.0 Å². The Bertz CT molecular complexity index is 530. The highest BCUT2D eigenvalue weighted by Crippen LogP contribution is 2.32. The number of hydrogen-bond acceptors (Lipinski definition) is 3. The number of rotatable bonds is 5. The fraction of sp³-hybridized carbons (Fsp3) is 0.385. The molecule has 116 valence electrons. The van der Waals surface area contributed by atoms with Gasteiger partial charge in [-0.25, -0.2) is 0 Å². The fourth-order valence-electron chi connectivity index (χ4n) is 1.60. The van der Waals surface area contributed by atoms with Gasteiger partial charge in [-0.15, -0.1) is 0 Å². The molecule has 0 unspecified atom stereocenters. The van der Waals surface area contributed by atoms with Crippen molar-refractivity contribution in [2.24, 2.45) is 0 Å². The Labute approximate surface area is 119 Å². The summed E-state index contributed by atoms with van der Waals surface area (Å²) in [4.78, 5) is 22.8. The monoisotopic (exact) mass is 303 g/mol. The van der Waals surface area contributed by atoms with Crippen LogP contribution >= 0.6 is 0 Å². The van der Waals surface area contributed by atoms with Crippen LogP contribution in [-0.4, -0.2) is 32.0 Å². The highest BCUT2D eigenvalue weighted by atomic mass is 19.4. The second-order valence-corrected chi connectivity index (χ2v) is 4.34. The molecular weight excluding hydrogens is 287 g/mol. The molecule has 0 saturated heterocycles. The van der Waals surface area contributed by atoms with E-state index in [2.05, 4.69) is 16.0 Å². The minimum atomic E-state index is -4.60. The molecule has 5 nitrogen and oxygen atoms in total. The predicted molar refractivity (Wildman–Crippen MR) is 72.0 cm³/mol. The number of alkyl halides is 3. The van der Waals surface area contributed by atoms with Crippen LogP contribution < -0.4 is 16.0 Å². The van der Waals surface area contributed by atoms with Gasteiger partial charge in [0.2, 0.25) is 5.91 Å². The van der Waals surface area contributed by atoms with Crippen LogP contribution in [0, 0.1) is 0 Å². The third kappa shape index (κ3) is 5.42. The van der Waals surface area contributed by atoms with Gasteiger partial charge >= 0.3 is 6.18 Å². The first kappa shape index (κ1) is 17.0. The number of halogens is 3. The van der Waals surface area contributed by atoms with E-state index in [1.807, 2.05) is 0 Å². The van der Waals surface area contributed by atoms with Gasteiger partial charge in [-0.05, 0) is 25.2 Å². The van der Waals surface area contributed by atoms with Crippen LogP contribution in [0.3, 0.4) is 0 Å². The largest absolute Gasteiger partial charge is 0.416 e. The van der Waals surface area contributed by atoms with E-state index in [1.165, 1.54) is 13.0 Å². The molecule has 0 aliphatic carbocycles. The molecule has 0 aliphatic heterocycles. The second kappa shape index (κ2) is 7.07. The number of likely N-dealkylation sites (N-methyl/N-ethyl adjacent to an activating group) is 1. The van der Waals surface area contributed by atoms with E-state index in [9.17, 15) is 22.8 Å². The van der Waals surface area contributed by atoms with E-state index in [4.69, 9.17) is 0 Å². The number of carbonyl (C=O) groups is 2. The fourth-order valence-corrected chi connectivity index (χ4v) is 1.60. The zero-order valence-corrected chi connectivity index (χ0v) is 11.6. The van der Waals surface area contributed by atoms with Crippen molar-refractivity contribution in [2.45, 2.75) is 13.1 Å². The van der Waals surface area contributed by atoms with Crippen molar-refractivity contribution in [3.05, 3.63) is 29.3 Å². The van der Waals surface area contributed by atoms with E-state index in [0.717, 1.165) is 12.1 Å². The molecule has 0 radical (unpaired) electrons. The maximum absolute atomic E-state index is 12.8. The Kier molecular flexibility index (Phi) is 5.71. The van der Waals surface area contributed by atoms with Crippen molar-refractivity contribution < 1.29 is 22.8 Å². The highest BCUT2D eigenvalue weighted by Gasteiger charge is 2.31. The number of amides is 2. The molecule has 0 aromatic heterocycles. The van der Waals surface area contributed by atoms with Crippen LogP contribution in [0.2, 0.25) is 0 Å². The summed E-state index contributed by atoms with van der Waals surface area (Å²) < 4.78 is 38.4. The molecule has 1 aromatic carbocycles. The summed E-state index contributed by atoms with van der Waals surface area (Å²) in [6, 6.07) is 2.73. The van der Waals surface area contributed by atoms with Crippen molar-refractivity contribution in [2.75, 3.05) is 25.5 Å². The van der Waals surface area contributed by atoms with Gasteiger partial charge in [0.15, 0.2) is 0 Å². The van der Waals surface area contributed by atoms with Crippen molar-refractivity contribution in [1.82, 2.24) is 10.6 Å². The van der Waals surface area contributed by atoms with E-state index < -0.39 is 23.6 Å². The molecule has 0 heterocycles. The summed E-state index contributed by atoms with van der Waals surface area (Å²) in [6.45, 7) is 1.94. The van der Waals surface area contributed by atoms with Crippen LogP contribution in [0.1, 0.15) is 22.8 Å². The minimum absolute atomic E-state index is 0.0731. The van der Waals surface area contributed by atoms with Crippen molar-refractivity contribution >= 4 is 17.5 Å². The first-order valence-corrected chi connectivity index (χ1v) is 6.16.